The predicted molar refractivity (Wildman–Crippen MR) is 68.0 cm³/mol. The van der Waals surface area contributed by atoms with Crippen LogP contribution >= 0.6 is 11.3 Å². The van der Waals surface area contributed by atoms with Gasteiger partial charge in [0, 0.05) is 17.3 Å². The minimum absolute atomic E-state index is 0.311. The smallest absolute Gasteiger partial charge is 0.139 e. The SMILES string of the molecule is C[C@@H](NCCCC/C(N)=N/O)c1cccs1. The van der Waals surface area contributed by atoms with Crippen molar-refractivity contribution in [2.45, 2.75) is 32.2 Å². The summed E-state index contributed by atoms with van der Waals surface area (Å²) in [5.41, 5.74) is 5.37. The molecule has 0 spiro atoms. The molecule has 0 aliphatic carbocycles. The first kappa shape index (κ1) is 13.0. The van der Waals surface area contributed by atoms with E-state index in [4.69, 9.17) is 10.9 Å². The van der Waals surface area contributed by atoms with E-state index in [1.54, 1.807) is 11.3 Å². The fraction of sp³-hybridized carbons (Fsp3) is 0.545. The number of hydrogen-bond donors (Lipinski definition) is 3. The summed E-state index contributed by atoms with van der Waals surface area (Å²) in [5, 5.41) is 16.8. The molecule has 1 atom stereocenters. The highest BCUT2D eigenvalue weighted by Gasteiger charge is 2.04. The molecule has 0 amide bonds. The van der Waals surface area contributed by atoms with Gasteiger partial charge >= 0.3 is 0 Å². The summed E-state index contributed by atoms with van der Waals surface area (Å²) in [6.07, 6.45) is 2.64. The van der Waals surface area contributed by atoms with Crippen LogP contribution < -0.4 is 11.1 Å². The number of thiophene rings is 1. The van der Waals surface area contributed by atoms with E-state index in [9.17, 15) is 0 Å². The van der Waals surface area contributed by atoms with E-state index in [0.29, 0.717) is 18.3 Å². The first-order chi connectivity index (χ1) is 7.74. The summed E-state index contributed by atoms with van der Waals surface area (Å²) < 4.78 is 0. The quantitative estimate of drug-likeness (QED) is 0.225. The van der Waals surface area contributed by atoms with Gasteiger partial charge in [0.15, 0.2) is 0 Å². The first-order valence-electron chi connectivity index (χ1n) is 5.47. The molecule has 16 heavy (non-hydrogen) atoms. The van der Waals surface area contributed by atoms with Crippen LogP contribution in [0, 0.1) is 0 Å². The van der Waals surface area contributed by atoms with Crippen molar-refractivity contribution in [2.75, 3.05) is 6.54 Å². The van der Waals surface area contributed by atoms with Crippen molar-refractivity contribution in [2.24, 2.45) is 10.9 Å². The van der Waals surface area contributed by atoms with Crippen LogP contribution in [0.5, 0.6) is 0 Å². The van der Waals surface area contributed by atoms with Gasteiger partial charge in [0.2, 0.25) is 0 Å². The van der Waals surface area contributed by atoms with Gasteiger partial charge in [-0.3, -0.25) is 0 Å². The lowest BCUT2D eigenvalue weighted by Crippen LogP contribution is -2.19. The Labute approximate surface area is 100 Å². The lowest BCUT2D eigenvalue weighted by Gasteiger charge is -2.11. The van der Waals surface area contributed by atoms with E-state index >= 15 is 0 Å². The highest BCUT2D eigenvalue weighted by atomic mass is 32.1. The lowest BCUT2D eigenvalue weighted by atomic mass is 10.2. The Hall–Kier alpha value is -1.07. The zero-order chi connectivity index (χ0) is 11.8. The fourth-order valence-corrected chi connectivity index (χ4v) is 2.20. The zero-order valence-corrected chi connectivity index (χ0v) is 10.3. The van der Waals surface area contributed by atoms with Crippen LogP contribution in [0.15, 0.2) is 22.7 Å². The van der Waals surface area contributed by atoms with E-state index in [1.165, 1.54) is 4.88 Å². The highest BCUT2D eigenvalue weighted by Crippen LogP contribution is 2.17. The van der Waals surface area contributed by atoms with Crippen molar-refractivity contribution >= 4 is 17.2 Å². The number of unbranched alkanes of at least 4 members (excludes halogenated alkanes) is 1. The van der Waals surface area contributed by atoms with Crippen molar-refractivity contribution in [1.82, 2.24) is 5.32 Å². The molecule has 0 bridgehead atoms. The number of oxime groups is 1. The molecule has 0 radical (unpaired) electrons. The molecule has 4 nitrogen and oxygen atoms in total. The van der Waals surface area contributed by atoms with Crippen LogP contribution in [0.25, 0.3) is 0 Å². The summed E-state index contributed by atoms with van der Waals surface area (Å²) >= 11 is 1.77. The second-order valence-electron chi connectivity index (χ2n) is 3.74. The maximum Gasteiger partial charge on any atom is 0.139 e. The number of nitrogens with zero attached hydrogens (tertiary/aromatic N) is 1. The molecule has 0 saturated carbocycles. The van der Waals surface area contributed by atoms with E-state index in [1.807, 2.05) is 0 Å². The first-order valence-corrected chi connectivity index (χ1v) is 6.35. The van der Waals surface area contributed by atoms with Crippen LogP contribution in [-0.2, 0) is 0 Å². The second-order valence-corrected chi connectivity index (χ2v) is 4.72. The van der Waals surface area contributed by atoms with E-state index < -0.39 is 0 Å². The van der Waals surface area contributed by atoms with Crippen LogP contribution in [0.4, 0.5) is 0 Å². The third-order valence-corrected chi connectivity index (χ3v) is 3.46. The topological polar surface area (TPSA) is 70.6 Å². The maximum absolute atomic E-state index is 8.35. The molecule has 4 N–H and O–H groups in total. The molecular formula is C11H19N3OS. The molecule has 1 aromatic heterocycles. The van der Waals surface area contributed by atoms with E-state index in [2.05, 4.69) is 34.9 Å². The van der Waals surface area contributed by atoms with E-state index in [-0.39, 0.29) is 0 Å². The second kappa shape index (κ2) is 7.24. The van der Waals surface area contributed by atoms with Crippen molar-refractivity contribution in [3.05, 3.63) is 22.4 Å². The van der Waals surface area contributed by atoms with Gasteiger partial charge in [0.1, 0.15) is 5.84 Å². The van der Waals surface area contributed by atoms with Gasteiger partial charge in [0.05, 0.1) is 0 Å². The molecule has 0 fully saturated rings. The number of amidine groups is 1. The summed E-state index contributed by atoms with van der Waals surface area (Å²) in [7, 11) is 0. The maximum atomic E-state index is 8.35. The Morgan fingerprint density at radius 1 is 1.62 bits per heavy atom. The zero-order valence-electron chi connectivity index (χ0n) is 9.52. The molecule has 0 aliphatic heterocycles. The van der Waals surface area contributed by atoms with Crippen LogP contribution in [0.2, 0.25) is 0 Å². The third kappa shape index (κ3) is 4.63. The number of nitrogens with one attached hydrogen (secondary N) is 1. The van der Waals surface area contributed by atoms with Crippen LogP contribution in [0.3, 0.4) is 0 Å². The van der Waals surface area contributed by atoms with Crippen molar-refractivity contribution in [3.8, 4) is 0 Å². The normalized spacial score (nSPS) is 13.9. The largest absolute Gasteiger partial charge is 0.409 e. The minimum atomic E-state index is 0.311. The average Bonchev–Trinajstić information content (AvgIpc) is 2.81. The van der Waals surface area contributed by atoms with E-state index in [0.717, 1.165) is 19.4 Å². The van der Waals surface area contributed by atoms with Gasteiger partial charge in [-0.25, -0.2) is 0 Å². The summed E-state index contributed by atoms with van der Waals surface area (Å²) in [6.45, 7) is 3.12. The van der Waals surface area contributed by atoms with Crippen LogP contribution in [0.1, 0.15) is 37.1 Å². The summed E-state index contributed by atoms with van der Waals surface area (Å²) in [5.74, 6) is 0.311. The monoisotopic (exact) mass is 241 g/mol. The predicted octanol–water partition coefficient (Wildman–Crippen LogP) is 2.32. The summed E-state index contributed by atoms with van der Waals surface area (Å²) in [4.78, 5) is 1.36. The number of hydrogen-bond acceptors (Lipinski definition) is 4. The van der Waals surface area contributed by atoms with Gasteiger partial charge in [-0.2, -0.15) is 0 Å². The average molecular weight is 241 g/mol. The number of rotatable bonds is 7. The van der Waals surface area contributed by atoms with Gasteiger partial charge in [-0.1, -0.05) is 11.2 Å². The molecule has 90 valence electrons. The Morgan fingerprint density at radius 3 is 3.06 bits per heavy atom. The van der Waals surface area contributed by atoms with Gasteiger partial charge in [-0.15, -0.1) is 11.3 Å². The molecule has 5 heteroatoms. The Kier molecular flexibility index (Phi) is 5.88. The molecule has 0 aliphatic rings. The lowest BCUT2D eigenvalue weighted by molar-refractivity contribution is 0.316. The molecule has 0 saturated heterocycles. The molecule has 1 heterocycles. The van der Waals surface area contributed by atoms with Gasteiger partial charge < -0.3 is 16.3 Å². The van der Waals surface area contributed by atoms with Gasteiger partial charge in [0.25, 0.3) is 0 Å². The van der Waals surface area contributed by atoms with Gasteiger partial charge in [-0.05, 0) is 37.8 Å². The Bertz CT molecular complexity index is 311. The fourth-order valence-electron chi connectivity index (χ4n) is 1.44. The molecule has 1 aromatic rings. The molecule has 0 aromatic carbocycles. The third-order valence-electron chi connectivity index (χ3n) is 2.41. The molecule has 1 rings (SSSR count). The Morgan fingerprint density at radius 2 is 2.44 bits per heavy atom. The minimum Gasteiger partial charge on any atom is -0.409 e. The highest BCUT2D eigenvalue weighted by molar-refractivity contribution is 7.10. The molecule has 0 unspecified atom stereocenters. The standard InChI is InChI=1S/C11H19N3OS/c1-9(10-5-4-8-16-10)13-7-3-2-6-11(12)14-15/h4-5,8-9,13,15H,2-3,6-7H2,1H3,(H2,12,14)/t9-/m1/s1. The molecular weight excluding hydrogens is 222 g/mol. The van der Waals surface area contributed by atoms with Crippen LogP contribution in [-0.4, -0.2) is 17.6 Å². The van der Waals surface area contributed by atoms with Crippen molar-refractivity contribution in [1.29, 1.82) is 0 Å². The van der Waals surface area contributed by atoms with Crippen molar-refractivity contribution in [3.63, 3.8) is 0 Å². The summed E-state index contributed by atoms with van der Waals surface area (Å²) in [6, 6.07) is 4.61. The van der Waals surface area contributed by atoms with Crippen molar-refractivity contribution < 1.29 is 5.21 Å². The number of nitrogens with two attached hydrogens (primary N) is 1. The Balaban J connectivity index is 2.07.